The molecule has 5 nitrogen and oxygen atoms in total. The molecule has 0 bridgehead atoms. The molecule has 8 heteroatoms. The minimum absolute atomic E-state index is 0.0642. The van der Waals surface area contributed by atoms with Crippen LogP contribution in [-0.2, 0) is 12.6 Å². The number of halogens is 3. The Labute approximate surface area is 151 Å². The van der Waals surface area contributed by atoms with Gasteiger partial charge in [-0.1, -0.05) is 26.8 Å². The molecule has 0 radical (unpaired) electrons. The lowest BCUT2D eigenvalue weighted by Gasteiger charge is -2.22. The van der Waals surface area contributed by atoms with Gasteiger partial charge in [0.05, 0.1) is 0 Å². The summed E-state index contributed by atoms with van der Waals surface area (Å²) in [5.41, 5.74) is -1.30. The van der Waals surface area contributed by atoms with Gasteiger partial charge in [0.25, 0.3) is 0 Å². The van der Waals surface area contributed by atoms with E-state index in [1.807, 2.05) is 41.5 Å². The van der Waals surface area contributed by atoms with Gasteiger partial charge in [-0.25, -0.2) is 9.97 Å². The number of rotatable bonds is 3. The van der Waals surface area contributed by atoms with Gasteiger partial charge in [0.1, 0.15) is 17.2 Å². The second kappa shape index (κ2) is 6.81. The van der Waals surface area contributed by atoms with E-state index < -0.39 is 11.9 Å². The minimum atomic E-state index is -4.52. The summed E-state index contributed by atoms with van der Waals surface area (Å²) in [7, 11) is 0. The van der Waals surface area contributed by atoms with E-state index in [0.29, 0.717) is 18.2 Å². The van der Waals surface area contributed by atoms with Crippen molar-refractivity contribution >= 4 is 5.95 Å². The average molecular weight is 367 g/mol. The number of nitrogens with zero attached hydrogens (tertiary/aromatic N) is 4. The third kappa shape index (κ3) is 5.93. The van der Waals surface area contributed by atoms with Crippen molar-refractivity contribution in [3.05, 3.63) is 29.7 Å². The van der Waals surface area contributed by atoms with Crippen molar-refractivity contribution in [3.63, 3.8) is 0 Å². The summed E-state index contributed by atoms with van der Waals surface area (Å²) < 4.78 is 38.9. The molecule has 0 aliphatic rings. The fraction of sp³-hybridized carbons (Fsp3) is 0.556. The highest BCUT2D eigenvalue weighted by Crippen LogP contribution is 2.29. The van der Waals surface area contributed by atoms with E-state index in [-0.39, 0.29) is 22.5 Å². The molecular formula is C18H24F3N5. The van der Waals surface area contributed by atoms with Crippen LogP contribution in [0, 0.1) is 5.41 Å². The number of nitrogens with one attached hydrogen (secondary N) is 1. The van der Waals surface area contributed by atoms with Gasteiger partial charge in [-0.2, -0.15) is 23.1 Å². The van der Waals surface area contributed by atoms with Crippen LogP contribution in [0.3, 0.4) is 0 Å². The van der Waals surface area contributed by atoms with E-state index in [9.17, 15) is 13.2 Å². The Morgan fingerprint density at radius 2 is 1.54 bits per heavy atom. The van der Waals surface area contributed by atoms with Crippen LogP contribution >= 0.6 is 0 Å². The van der Waals surface area contributed by atoms with Crippen molar-refractivity contribution in [3.8, 4) is 11.5 Å². The molecule has 2 aromatic heterocycles. The highest BCUT2D eigenvalue weighted by Gasteiger charge is 2.32. The van der Waals surface area contributed by atoms with Crippen LogP contribution in [0.15, 0.2) is 18.2 Å². The first-order valence-corrected chi connectivity index (χ1v) is 8.31. The van der Waals surface area contributed by atoms with Crippen molar-refractivity contribution < 1.29 is 13.2 Å². The van der Waals surface area contributed by atoms with Crippen molar-refractivity contribution in [2.24, 2.45) is 5.41 Å². The van der Waals surface area contributed by atoms with Gasteiger partial charge >= 0.3 is 6.18 Å². The molecule has 0 amide bonds. The highest BCUT2D eigenvalue weighted by molar-refractivity contribution is 5.51. The topological polar surface area (TPSA) is 63.6 Å². The number of alkyl halides is 3. The third-order valence-corrected chi connectivity index (χ3v) is 3.13. The zero-order valence-electron chi connectivity index (χ0n) is 15.9. The van der Waals surface area contributed by atoms with Crippen LogP contribution in [0.1, 0.15) is 53.1 Å². The van der Waals surface area contributed by atoms with Crippen molar-refractivity contribution in [2.75, 3.05) is 5.32 Å². The van der Waals surface area contributed by atoms with Gasteiger partial charge in [-0.15, -0.1) is 0 Å². The van der Waals surface area contributed by atoms with Crippen LogP contribution in [0.4, 0.5) is 19.1 Å². The lowest BCUT2D eigenvalue weighted by atomic mass is 9.92. The van der Waals surface area contributed by atoms with Gasteiger partial charge in [0.2, 0.25) is 5.95 Å². The molecule has 0 atom stereocenters. The lowest BCUT2D eigenvalue weighted by Crippen LogP contribution is -2.28. The molecule has 0 spiro atoms. The predicted octanol–water partition coefficient (Wildman–Crippen LogP) is 4.75. The molecular weight excluding hydrogens is 343 g/mol. The standard InChI is InChI=1S/C18H24F3N5/c1-16(2,3)10-13-23-14(25-15(24-13)26-17(4,5)6)11-8-7-9-12(22-11)18(19,20)21/h7-9H,10H2,1-6H3,(H,23,24,25,26). The van der Waals surface area contributed by atoms with Crippen LogP contribution in [0.5, 0.6) is 0 Å². The molecule has 0 saturated carbocycles. The Hall–Kier alpha value is -2.25. The van der Waals surface area contributed by atoms with E-state index in [1.165, 1.54) is 12.1 Å². The first kappa shape index (κ1) is 20.1. The SMILES string of the molecule is CC(C)(C)Cc1nc(NC(C)(C)C)nc(-c2cccc(C(F)(F)F)n2)n1. The van der Waals surface area contributed by atoms with E-state index in [4.69, 9.17) is 0 Å². The number of aromatic nitrogens is 4. The Bertz CT molecular complexity index is 739. The molecule has 142 valence electrons. The molecule has 0 aliphatic heterocycles. The Morgan fingerprint density at radius 3 is 2.08 bits per heavy atom. The van der Waals surface area contributed by atoms with E-state index in [2.05, 4.69) is 25.3 Å². The summed E-state index contributed by atoms with van der Waals surface area (Å²) in [6, 6.07) is 3.69. The maximum absolute atomic E-state index is 13.0. The number of hydrogen-bond acceptors (Lipinski definition) is 5. The van der Waals surface area contributed by atoms with Crippen LogP contribution in [-0.4, -0.2) is 25.5 Å². The molecule has 1 N–H and O–H groups in total. The van der Waals surface area contributed by atoms with Crippen LogP contribution < -0.4 is 5.32 Å². The second-order valence-electron chi connectivity index (χ2n) is 8.42. The van der Waals surface area contributed by atoms with Gasteiger partial charge in [0.15, 0.2) is 5.82 Å². The Balaban J connectivity index is 2.53. The number of hydrogen-bond donors (Lipinski definition) is 1. The van der Waals surface area contributed by atoms with Crippen LogP contribution in [0.25, 0.3) is 11.5 Å². The molecule has 0 aliphatic carbocycles. The van der Waals surface area contributed by atoms with Gasteiger partial charge in [-0.3, -0.25) is 0 Å². The summed E-state index contributed by atoms with van der Waals surface area (Å²) in [4.78, 5) is 16.7. The number of anilines is 1. The highest BCUT2D eigenvalue weighted by atomic mass is 19.4. The van der Waals surface area contributed by atoms with Crippen molar-refractivity contribution in [1.82, 2.24) is 19.9 Å². The zero-order chi connectivity index (χ0) is 19.8. The van der Waals surface area contributed by atoms with Gasteiger partial charge in [-0.05, 0) is 38.3 Å². The average Bonchev–Trinajstić information content (AvgIpc) is 2.42. The van der Waals surface area contributed by atoms with Crippen molar-refractivity contribution in [2.45, 2.75) is 59.7 Å². The van der Waals surface area contributed by atoms with E-state index >= 15 is 0 Å². The van der Waals surface area contributed by atoms with E-state index in [1.54, 1.807) is 0 Å². The largest absolute Gasteiger partial charge is 0.433 e. The maximum atomic E-state index is 13.0. The third-order valence-electron chi connectivity index (χ3n) is 3.13. The normalized spacial score (nSPS) is 13.0. The quantitative estimate of drug-likeness (QED) is 0.848. The Kier molecular flexibility index (Phi) is 5.26. The number of pyridine rings is 1. The monoisotopic (exact) mass is 367 g/mol. The van der Waals surface area contributed by atoms with Crippen molar-refractivity contribution in [1.29, 1.82) is 0 Å². The maximum Gasteiger partial charge on any atom is 0.433 e. The summed E-state index contributed by atoms with van der Waals surface area (Å²) in [6.07, 6.45) is -3.97. The molecule has 2 aromatic rings. The molecule has 0 fully saturated rings. The Morgan fingerprint density at radius 1 is 0.885 bits per heavy atom. The van der Waals surface area contributed by atoms with Crippen LogP contribution in [0.2, 0.25) is 0 Å². The lowest BCUT2D eigenvalue weighted by molar-refractivity contribution is -0.141. The van der Waals surface area contributed by atoms with E-state index in [0.717, 1.165) is 6.07 Å². The second-order valence-corrected chi connectivity index (χ2v) is 8.42. The smallest absolute Gasteiger partial charge is 0.350 e. The summed E-state index contributed by atoms with van der Waals surface area (Å²) in [6.45, 7) is 12.0. The molecule has 0 aromatic carbocycles. The molecule has 0 unspecified atom stereocenters. The first-order chi connectivity index (χ1) is 11.7. The van der Waals surface area contributed by atoms with Gasteiger partial charge in [0, 0.05) is 12.0 Å². The predicted molar refractivity (Wildman–Crippen MR) is 94.6 cm³/mol. The fourth-order valence-corrected chi connectivity index (χ4v) is 2.20. The summed E-state index contributed by atoms with van der Waals surface area (Å²) in [5.74, 6) is 0.950. The fourth-order valence-electron chi connectivity index (χ4n) is 2.20. The minimum Gasteiger partial charge on any atom is -0.350 e. The summed E-state index contributed by atoms with van der Waals surface area (Å²) >= 11 is 0. The zero-order valence-corrected chi connectivity index (χ0v) is 15.9. The molecule has 26 heavy (non-hydrogen) atoms. The molecule has 2 heterocycles. The molecule has 2 rings (SSSR count). The van der Waals surface area contributed by atoms with Gasteiger partial charge < -0.3 is 5.32 Å². The summed E-state index contributed by atoms with van der Waals surface area (Å²) in [5, 5.41) is 3.15. The first-order valence-electron chi connectivity index (χ1n) is 8.31. The molecule has 0 saturated heterocycles.